The Labute approximate surface area is 160 Å². The number of halogens is 1. The second kappa shape index (κ2) is 13.4. The fourth-order valence-corrected chi connectivity index (χ4v) is 3.04. The number of thioether (sulfide) groups is 2. The average molecular weight is 453 g/mol. The van der Waals surface area contributed by atoms with E-state index >= 15 is 0 Å². The molecule has 0 spiro atoms. The number of aryl methyl sites for hydroxylation is 1. The summed E-state index contributed by atoms with van der Waals surface area (Å²) in [6.07, 6.45) is 5.42. The molecule has 0 aromatic heterocycles. The fourth-order valence-electron chi connectivity index (χ4n) is 1.91. The zero-order chi connectivity index (χ0) is 15.5. The summed E-state index contributed by atoms with van der Waals surface area (Å²) in [6.45, 7) is 6.80. The van der Waals surface area contributed by atoms with Gasteiger partial charge in [0.05, 0.1) is 6.54 Å². The molecule has 0 amide bonds. The summed E-state index contributed by atoms with van der Waals surface area (Å²) < 4.78 is 0. The molecule has 126 valence electrons. The Bertz CT molecular complexity index is 453. The standard InChI is InChI=1S/C16H27N3S2.HI/c1-5-17-16(18-9-6-10-20-3)19-12-14-8-7-13(2)11-15(14)21-4;/h7-8,11H,5-6,9-10,12H2,1-4H3,(H2,17,18,19);1H. The molecule has 0 bridgehead atoms. The van der Waals surface area contributed by atoms with E-state index in [0.717, 1.165) is 25.5 Å². The quantitative estimate of drug-likeness (QED) is 0.204. The lowest BCUT2D eigenvalue weighted by atomic mass is 10.1. The normalized spacial score (nSPS) is 11.0. The molecule has 0 saturated carbocycles. The van der Waals surface area contributed by atoms with Gasteiger partial charge in [-0.3, -0.25) is 0 Å². The van der Waals surface area contributed by atoms with Crippen molar-refractivity contribution in [3.63, 3.8) is 0 Å². The van der Waals surface area contributed by atoms with Gasteiger partial charge in [0.25, 0.3) is 0 Å². The molecule has 3 nitrogen and oxygen atoms in total. The van der Waals surface area contributed by atoms with Crippen molar-refractivity contribution in [3.05, 3.63) is 29.3 Å². The molecule has 2 N–H and O–H groups in total. The number of hydrogen-bond acceptors (Lipinski definition) is 3. The maximum atomic E-state index is 4.69. The minimum Gasteiger partial charge on any atom is -0.357 e. The highest BCUT2D eigenvalue weighted by Gasteiger charge is 2.02. The molecule has 0 atom stereocenters. The van der Waals surface area contributed by atoms with E-state index in [-0.39, 0.29) is 24.0 Å². The molecule has 0 radical (unpaired) electrons. The molecule has 0 heterocycles. The number of hydrogen-bond donors (Lipinski definition) is 2. The zero-order valence-electron chi connectivity index (χ0n) is 13.9. The number of rotatable bonds is 8. The number of aliphatic imine (C=N–C) groups is 1. The summed E-state index contributed by atoms with van der Waals surface area (Å²) in [5, 5.41) is 6.70. The summed E-state index contributed by atoms with van der Waals surface area (Å²) in [4.78, 5) is 6.01. The number of nitrogens with one attached hydrogen (secondary N) is 2. The van der Waals surface area contributed by atoms with E-state index in [1.165, 1.54) is 21.8 Å². The van der Waals surface area contributed by atoms with Gasteiger partial charge < -0.3 is 10.6 Å². The first kappa shape index (κ1) is 21.9. The largest absolute Gasteiger partial charge is 0.357 e. The Morgan fingerprint density at radius 3 is 2.64 bits per heavy atom. The molecule has 0 fully saturated rings. The molecule has 0 saturated heterocycles. The highest BCUT2D eigenvalue weighted by Crippen LogP contribution is 2.22. The van der Waals surface area contributed by atoms with Gasteiger partial charge >= 0.3 is 0 Å². The van der Waals surface area contributed by atoms with E-state index in [1.807, 2.05) is 11.8 Å². The first-order chi connectivity index (χ1) is 10.2. The van der Waals surface area contributed by atoms with Crippen LogP contribution >= 0.6 is 47.5 Å². The van der Waals surface area contributed by atoms with Crippen LogP contribution in [0.5, 0.6) is 0 Å². The fraction of sp³-hybridized carbons (Fsp3) is 0.562. The monoisotopic (exact) mass is 453 g/mol. The van der Waals surface area contributed by atoms with Crippen molar-refractivity contribution in [3.8, 4) is 0 Å². The van der Waals surface area contributed by atoms with Crippen molar-refractivity contribution in [2.24, 2.45) is 4.99 Å². The third-order valence-corrected chi connectivity index (χ3v) is 4.53. The highest BCUT2D eigenvalue weighted by molar-refractivity contribution is 14.0. The van der Waals surface area contributed by atoms with Crippen LogP contribution in [0.25, 0.3) is 0 Å². The molecular formula is C16H28IN3S2. The molecule has 1 aromatic rings. The van der Waals surface area contributed by atoms with Gasteiger partial charge in [-0.25, -0.2) is 4.99 Å². The van der Waals surface area contributed by atoms with Gasteiger partial charge in [-0.2, -0.15) is 11.8 Å². The summed E-state index contributed by atoms with van der Waals surface area (Å²) in [7, 11) is 0. The third kappa shape index (κ3) is 8.53. The van der Waals surface area contributed by atoms with Crippen LogP contribution in [-0.4, -0.2) is 37.3 Å². The molecule has 1 rings (SSSR count). The van der Waals surface area contributed by atoms with Crippen LogP contribution in [0.4, 0.5) is 0 Å². The van der Waals surface area contributed by atoms with Crippen molar-refractivity contribution in [2.75, 3.05) is 31.4 Å². The maximum Gasteiger partial charge on any atom is 0.191 e. The summed E-state index contributed by atoms with van der Waals surface area (Å²) in [5.74, 6) is 2.09. The molecular weight excluding hydrogens is 425 g/mol. The first-order valence-electron chi connectivity index (χ1n) is 7.35. The SMILES string of the molecule is CCNC(=NCc1ccc(C)cc1SC)NCCCSC.I. The zero-order valence-corrected chi connectivity index (χ0v) is 17.9. The second-order valence-corrected chi connectivity index (χ2v) is 6.62. The molecule has 1 aromatic carbocycles. The van der Waals surface area contributed by atoms with Crippen molar-refractivity contribution < 1.29 is 0 Å². The van der Waals surface area contributed by atoms with Crippen molar-refractivity contribution in [2.45, 2.75) is 31.7 Å². The molecule has 0 aliphatic heterocycles. The van der Waals surface area contributed by atoms with Gasteiger partial charge in [0.1, 0.15) is 0 Å². The van der Waals surface area contributed by atoms with Crippen LogP contribution in [0.2, 0.25) is 0 Å². The Kier molecular flexibility index (Phi) is 13.3. The van der Waals surface area contributed by atoms with Crippen LogP contribution in [0.1, 0.15) is 24.5 Å². The maximum absolute atomic E-state index is 4.69. The average Bonchev–Trinajstić information content (AvgIpc) is 2.49. The first-order valence-corrected chi connectivity index (χ1v) is 9.97. The van der Waals surface area contributed by atoms with E-state index in [9.17, 15) is 0 Å². The lowest BCUT2D eigenvalue weighted by Gasteiger charge is -2.12. The smallest absolute Gasteiger partial charge is 0.191 e. The lowest BCUT2D eigenvalue weighted by molar-refractivity contribution is 0.788. The topological polar surface area (TPSA) is 36.4 Å². The molecule has 0 unspecified atom stereocenters. The van der Waals surface area contributed by atoms with Gasteiger partial charge in [0, 0.05) is 18.0 Å². The third-order valence-electron chi connectivity index (χ3n) is 3.01. The predicted molar refractivity (Wildman–Crippen MR) is 114 cm³/mol. The van der Waals surface area contributed by atoms with Gasteiger partial charge in [0.15, 0.2) is 5.96 Å². The summed E-state index contributed by atoms with van der Waals surface area (Å²) in [6, 6.07) is 6.57. The van der Waals surface area contributed by atoms with Crippen molar-refractivity contribution >= 4 is 53.5 Å². The van der Waals surface area contributed by atoms with E-state index in [4.69, 9.17) is 4.99 Å². The second-order valence-electron chi connectivity index (χ2n) is 4.78. The Hall–Kier alpha value is -0.0800. The van der Waals surface area contributed by atoms with Crippen LogP contribution in [0.3, 0.4) is 0 Å². The highest BCUT2D eigenvalue weighted by atomic mass is 127. The van der Waals surface area contributed by atoms with E-state index in [0.29, 0.717) is 6.54 Å². The summed E-state index contributed by atoms with van der Waals surface area (Å²) >= 11 is 3.67. The van der Waals surface area contributed by atoms with Gasteiger partial charge in [-0.15, -0.1) is 35.7 Å². The number of nitrogens with zero attached hydrogens (tertiary/aromatic N) is 1. The lowest BCUT2D eigenvalue weighted by Crippen LogP contribution is -2.37. The molecule has 0 aliphatic rings. The Morgan fingerprint density at radius 1 is 1.23 bits per heavy atom. The Balaban J connectivity index is 0.00000441. The van der Waals surface area contributed by atoms with Crippen molar-refractivity contribution in [1.29, 1.82) is 0 Å². The van der Waals surface area contributed by atoms with Gasteiger partial charge in [-0.05, 0) is 55.7 Å². The predicted octanol–water partition coefficient (Wildman–Crippen LogP) is 4.14. The van der Waals surface area contributed by atoms with Crippen LogP contribution < -0.4 is 10.6 Å². The molecule has 22 heavy (non-hydrogen) atoms. The number of benzene rings is 1. The number of guanidine groups is 1. The minimum absolute atomic E-state index is 0. The van der Waals surface area contributed by atoms with E-state index in [2.05, 4.69) is 55.2 Å². The van der Waals surface area contributed by atoms with Crippen LogP contribution in [0, 0.1) is 6.92 Å². The van der Waals surface area contributed by atoms with Crippen molar-refractivity contribution in [1.82, 2.24) is 10.6 Å². The molecule has 0 aliphatic carbocycles. The minimum atomic E-state index is 0. The molecule has 6 heteroatoms. The Morgan fingerprint density at radius 2 is 2.00 bits per heavy atom. The summed E-state index contributed by atoms with van der Waals surface area (Å²) in [5.41, 5.74) is 2.59. The van der Waals surface area contributed by atoms with Gasteiger partial charge in [0.2, 0.25) is 0 Å². The van der Waals surface area contributed by atoms with Gasteiger partial charge in [-0.1, -0.05) is 12.1 Å². The van der Waals surface area contributed by atoms with Crippen LogP contribution in [0.15, 0.2) is 28.1 Å². The van der Waals surface area contributed by atoms with E-state index < -0.39 is 0 Å². The van der Waals surface area contributed by atoms with Crippen LogP contribution in [-0.2, 0) is 6.54 Å². The van der Waals surface area contributed by atoms with E-state index in [1.54, 1.807) is 11.8 Å².